The highest BCUT2D eigenvalue weighted by Crippen LogP contribution is 2.14. The van der Waals surface area contributed by atoms with Crippen molar-refractivity contribution in [1.29, 1.82) is 0 Å². The van der Waals surface area contributed by atoms with Crippen molar-refractivity contribution in [3.8, 4) is 12.3 Å². The molecule has 3 nitrogen and oxygen atoms in total. The molecule has 2 unspecified atom stereocenters. The molecule has 1 rings (SSSR count). The number of benzene rings is 1. The number of aliphatic carboxylic acids is 1. The fourth-order valence-corrected chi connectivity index (χ4v) is 1.39. The van der Waals surface area contributed by atoms with Crippen molar-refractivity contribution in [2.45, 2.75) is 18.9 Å². The van der Waals surface area contributed by atoms with Gasteiger partial charge in [-0.05, 0) is 12.5 Å². The number of carboxylic acids is 1. The van der Waals surface area contributed by atoms with Crippen LogP contribution in [0.4, 0.5) is 0 Å². The number of nitrogens with one attached hydrogen (secondary N) is 1. The first-order chi connectivity index (χ1) is 7.65. The summed E-state index contributed by atoms with van der Waals surface area (Å²) in [7, 11) is 0. The highest BCUT2D eigenvalue weighted by molar-refractivity contribution is 5.76. The van der Waals surface area contributed by atoms with E-state index in [2.05, 4.69) is 11.2 Å². The van der Waals surface area contributed by atoms with Gasteiger partial charge in [-0.2, -0.15) is 0 Å². The molecule has 1 aromatic carbocycles. The summed E-state index contributed by atoms with van der Waals surface area (Å²) in [5.74, 6) is 1.10. The van der Waals surface area contributed by atoms with Gasteiger partial charge in [0.05, 0.1) is 12.0 Å². The Morgan fingerprint density at radius 1 is 1.50 bits per heavy atom. The van der Waals surface area contributed by atoms with Gasteiger partial charge in [0.15, 0.2) is 0 Å². The van der Waals surface area contributed by atoms with Crippen LogP contribution in [0.1, 0.15) is 18.4 Å². The zero-order valence-electron chi connectivity index (χ0n) is 9.18. The van der Waals surface area contributed by atoms with Gasteiger partial charge in [-0.15, -0.1) is 6.42 Å². The Kier molecular flexibility index (Phi) is 4.56. The molecule has 1 aromatic rings. The fraction of sp³-hybridized carbons (Fsp3) is 0.308. The van der Waals surface area contributed by atoms with Crippen LogP contribution in [0.3, 0.4) is 0 Å². The van der Waals surface area contributed by atoms with E-state index in [0.29, 0.717) is 6.54 Å². The van der Waals surface area contributed by atoms with E-state index >= 15 is 0 Å². The van der Waals surface area contributed by atoms with E-state index < -0.39 is 11.9 Å². The van der Waals surface area contributed by atoms with Crippen molar-refractivity contribution in [2.75, 3.05) is 6.54 Å². The van der Waals surface area contributed by atoms with Crippen LogP contribution in [-0.4, -0.2) is 23.7 Å². The Bertz CT molecular complexity index is 381. The van der Waals surface area contributed by atoms with Gasteiger partial charge in [-0.3, -0.25) is 4.79 Å². The third-order valence-corrected chi connectivity index (χ3v) is 2.38. The van der Waals surface area contributed by atoms with Crippen molar-refractivity contribution in [3.05, 3.63) is 35.9 Å². The fourth-order valence-electron chi connectivity index (χ4n) is 1.39. The van der Waals surface area contributed by atoms with Crippen molar-refractivity contribution >= 4 is 5.97 Å². The first kappa shape index (κ1) is 12.3. The van der Waals surface area contributed by atoms with Gasteiger partial charge in [0, 0.05) is 6.54 Å². The van der Waals surface area contributed by atoms with Crippen LogP contribution in [0.5, 0.6) is 0 Å². The van der Waals surface area contributed by atoms with Crippen LogP contribution < -0.4 is 5.32 Å². The standard InChI is InChI=1S/C13H15NO2/c1-3-10(2)14-9-12(13(15)16)11-7-5-4-6-8-11/h1,4-8,10,12,14H,9H2,2H3,(H,15,16). The minimum atomic E-state index is -0.845. The molecule has 84 valence electrons. The summed E-state index contributed by atoms with van der Waals surface area (Å²) in [5.41, 5.74) is 0.784. The summed E-state index contributed by atoms with van der Waals surface area (Å²) in [6.45, 7) is 2.16. The van der Waals surface area contributed by atoms with Crippen LogP contribution in [-0.2, 0) is 4.79 Å². The molecule has 3 heteroatoms. The van der Waals surface area contributed by atoms with Gasteiger partial charge in [0.25, 0.3) is 0 Å². The first-order valence-electron chi connectivity index (χ1n) is 5.12. The average molecular weight is 217 g/mol. The second-order valence-corrected chi connectivity index (χ2v) is 3.60. The summed E-state index contributed by atoms with van der Waals surface area (Å²) in [6, 6.07) is 9.01. The molecule has 0 aliphatic carbocycles. The van der Waals surface area contributed by atoms with Crippen LogP contribution in [0.15, 0.2) is 30.3 Å². The van der Waals surface area contributed by atoms with Gasteiger partial charge in [0.1, 0.15) is 0 Å². The first-order valence-corrected chi connectivity index (χ1v) is 5.12. The molecule has 0 fully saturated rings. The number of hydrogen-bond donors (Lipinski definition) is 2. The largest absolute Gasteiger partial charge is 0.481 e. The Morgan fingerprint density at radius 2 is 2.12 bits per heavy atom. The molecule has 16 heavy (non-hydrogen) atoms. The van der Waals surface area contributed by atoms with Crippen LogP contribution >= 0.6 is 0 Å². The molecular weight excluding hydrogens is 202 g/mol. The molecule has 2 N–H and O–H groups in total. The maximum atomic E-state index is 11.1. The molecule has 0 aromatic heterocycles. The highest BCUT2D eigenvalue weighted by atomic mass is 16.4. The molecule has 0 bridgehead atoms. The number of hydrogen-bond acceptors (Lipinski definition) is 2. The molecule has 0 saturated carbocycles. The van der Waals surface area contributed by atoms with E-state index in [4.69, 9.17) is 11.5 Å². The lowest BCUT2D eigenvalue weighted by Crippen LogP contribution is -2.32. The van der Waals surface area contributed by atoms with Crippen LogP contribution in [0, 0.1) is 12.3 Å². The molecule has 0 aliphatic heterocycles. The molecule has 0 radical (unpaired) electrons. The predicted molar refractivity (Wildman–Crippen MR) is 63.1 cm³/mol. The molecule has 0 spiro atoms. The van der Waals surface area contributed by atoms with E-state index in [1.165, 1.54) is 0 Å². The summed E-state index contributed by atoms with van der Waals surface area (Å²) in [4.78, 5) is 11.1. The molecule has 0 heterocycles. The summed E-state index contributed by atoms with van der Waals surface area (Å²) in [5, 5.41) is 12.1. The lowest BCUT2D eigenvalue weighted by Gasteiger charge is -2.15. The van der Waals surface area contributed by atoms with Gasteiger partial charge < -0.3 is 10.4 Å². The van der Waals surface area contributed by atoms with Crippen molar-refractivity contribution in [3.63, 3.8) is 0 Å². The second-order valence-electron chi connectivity index (χ2n) is 3.60. The maximum Gasteiger partial charge on any atom is 0.312 e. The van der Waals surface area contributed by atoms with Crippen LogP contribution in [0.25, 0.3) is 0 Å². The third-order valence-electron chi connectivity index (χ3n) is 2.38. The van der Waals surface area contributed by atoms with Gasteiger partial charge in [0.2, 0.25) is 0 Å². The van der Waals surface area contributed by atoms with E-state index in [-0.39, 0.29) is 6.04 Å². The Hall–Kier alpha value is -1.79. The van der Waals surface area contributed by atoms with Crippen molar-refractivity contribution < 1.29 is 9.90 Å². The minimum Gasteiger partial charge on any atom is -0.481 e. The smallest absolute Gasteiger partial charge is 0.312 e. The van der Waals surface area contributed by atoms with E-state index in [9.17, 15) is 4.79 Å². The van der Waals surface area contributed by atoms with Gasteiger partial charge >= 0.3 is 5.97 Å². The normalized spacial score (nSPS) is 13.8. The van der Waals surface area contributed by atoms with E-state index in [0.717, 1.165) is 5.56 Å². The topological polar surface area (TPSA) is 49.3 Å². The summed E-state index contributed by atoms with van der Waals surface area (Å²) >= 11 is 0. The van der Waals surface area contributed by atoms with Crippen molar-refractivity contribution in [2.24, 2.45) is 0 Å². The quantitative estimate of drug-likeness (QED) is 0.734. The molecule has 0 aliphatic rings. The molecular formula is C13H15NO2. The zero-order valence-corrected chi connectivity index (χ0v) is 9.18. The lowest BCUT2D eigenvalue weighted by atomic mass is 9.99. The average Bonchev–Trinajstić information content (AvgIpc) is 2.30. The number of carbonyl (C=O) groups is 1. The molecule has 0 amide bonds. The summed E-state index contributed by atoms with van der Waals surface area (Å²) in [6.07, 6.45) is 5.21. The Balaban J connectivity index is 2.70. The minimum absolute atomic E-state index is 0.120. The Morgan fingerprint density at radius 3 is 2.62 bits per heavy atom. The number of rotatable bonds is 5. The number of terminal acetylenes is 1. The monoisotopic (exact) mass is 217 g/mol. The highest BCUT2D eigenvalue weighted by Gasteiger charge is 2.19. The zero-order chi connectivity index (χ0) is 12.0. The van der Waals surface area contributed by atoms with Crippen molar-refractivity contribution in [1.82, 2.24) is 5.32 Å². The number of carboxylic acid groups (broad SMARTS) is 1. The summed E-state index contributed by atoms with van der Waals surface area (Å²) < 4.78 is 0. The van der Waals surface area contributed by atoms with E-state index in [1.807, 2.05) is 25.1 Å². The molecule has 2 atom stereocenters. The maximum absolute atomic E-state index is 11.1. The lowest BCUT2D eigenvalue weighted by molar-refractivity contribution is -0.138. The van der Waals surface area contributed by atoms with Gasteiger partial charge in [-0.1, -0.05) is 36.3 Å². The SMILES string of the molecule is C#CC(C)NCC(C(=O)O)c1ccccc1. The second kappa shape index (κ2) is 5.94. The van der Waals surface area contributed by atoms with Crippen LogP contribution in [0.2, 0.25) is 0 Å². The van der Waals surface area contributed by atoms with E-state index in [1.54, 1.807) is 12.1 Å². The Labute approximate surface area is 95.5 Å². The van der Waals surface area contributed by atoms with Gasteiger partial charge in [-0.25, -0.2) is 0 Å². The third kappa shape index (κ3) is 3.41. The predicted octanol–water partition coefficient (Wildman–Crippen LogP) is 1.47. The molecule has 0 saturated heterocycles.